The minimum atomic E-state index is -0.328. The normalized spacial score (nSPS) is 14.4. The van der Waals surface area contributed by atoms with Gasteiger partial charge in [0.2, 0.25) is 5.82 Å². The van der Waals surface area contributed by atoms with Crippen LogP contribution in [0.1, 0.15) is 16.2 Å². The Morgan fingerprint density at radius 2 is 1.76 bits per heavy atom. The predicted octanol–water partition coefficient (Wildman–Crippen LogP) is 4.10. The van der Waals surface area contributed by atoms with Crippen LogP contribution in [-0.2, 0) is 6.54 Å². The summed E-state index contributed by atoms with van der Waals surface area (Å²) in [5.41, 5.74) is 1.86. The number of aromatic nitrogens is 3. The van der Waals surface area contributed by atoms with Crippen molar-refractivity contribution in [1.82, 2.24) is 24.6 Å². The molecule has 0 unspecified atom stereocenters. The zero-order chi connectivity index (χ0) is 23.5. The van der Waals surface area contributed by atoms with Crippen LogP contribution < -0.4 is 4.74 Å². The minimum Gasteiger partial charge on any atom is -0.497 e. The Hall–Kier alpha value is -3.56. The fraction of sp³-hybridized carbons (Fsp3) is 0.240. The average molecular weight is 478 g/mol. The number of carbonyl (C=O) groups excluding carboxylic acids is 1. The summed E-state index contributed by atoms with van der Waals surface area (Å²) in [6.45, 7) is 3.58. The molecule has 0 aliphatic carbocycles. The van der Waals surface area contributed by atoms with Gasteiger partial charge < -0.3 is 9.64 Å². The standard InChI is InChI=1S/C25H24FN5O2S/c1-33-21-10-4-18(5-11-21)17-29-12-14-30(15-13-29)25(32)23-27-24(22-3-2-16-34-22)31(28-23)20-8-6-19(26)7-9-20/h2-11,16H,12-15,17H2,1H3. The number of halogens is 1. The number of piperazine rings is 1. The Bertz CT molecular complexity index is 1250. The van der Waals surface area contributed by atoms with E-state index in [9.17, 15) is 9.18 Å². The van der Waals surface area contributed by atoms with Gasteiger partial charge in [0.05, 0.1) is 17.7 Å². The van der Waals surface area contributed by atoms with Crippen molar-refractivity contribution in [1.29, 1.82) is 0 Å². The summed E-state index contributed by atoms with van der Waals surface area (Å²) in [7, 11) is 1.66. The highest BCUT2D eigenvalue weighted by molar-refractivity contribution is 7.13. The molecule has 0 atom stereocenters. The fourth-order valence-electron chi connectivity index (χ4n) is 3.97. The van der Waals surface area contributed by atoms with Crippen molar-refractivity contribution < 1.29 is 13.9 Å². The Morgan fingerprint density at radius 3 is 2.41 bits per heavy atom. The van der Waals surface area contributed by atoms with Gasteiger partial charge in [0.15, 0.2) is 5.82 Å². The Balaban J connectivity index is 1.30. The van der Waals surface area contributed by atoms with E-state index in [0.717, 1.165) is 30.3 Å². The van der Waals surface area contributed by atoms with Crippen molar-refractivity contribution in [2.75, 3.05) is 33.3 Å². The molecular formula is C25H24FN5O2S. The first kappa shape index (κ1) is 22.2. The fourth-order valence-corrected chi connectivity index (χ4v) is 4.67. The van der Waals surface area contributed by atoms with Gasteiger partial charge in [-0.15, -0.1) is 16.4 Å². The van der Waals surface area contributed by atoms with Gasteiger partial charge in [-0.2, -0.15) is 0 Å². The van der Waals surface area contributed by atoms with Crippen molar-refractivity contribution in [3.05, 3.63) is 83.2 Å². The SMILES string of the molecule is COc1ccc(CN2CCN(C(=O)c3nc(-c4cccs4)n(-c4ccc(F)cc4)n3)CC2)cc1. The molecular weight excluding hydrogens is 453 g/mol. The second kappa shape index (κ2) is 9.74. The number of amides is 1. The Morgan fingerprint density at radius 1 is 1.03 bits per heavy atom. The molecule has 7 nitrogen and oxygen atoms in total. The van der Waals surface area contributed by atoms with Gasteiger partial charge in [-0.25, -0.2) is 14.1 Å². The molecule has 1 aliphatic rings. The number of benzene rings is 2. The molecule has 0 saturated carbocycles. The molecule has 4 aromatic rings. The van der Waals surface area contributed by atoms with Crippen molar-refractivity contribution in [2.45, 2.75) is 6.54 Å². The molecule has 2 aromatic heterocycles. The van der Waals surface area contributed by atoms with Crippen molar-refractivity contribution in [3.63, 3.8) is 0 Å². The third-order valence-electron chi connectivity index (χ3n) is 5.84. The molecule has 1 saturated heterocycles. The van der Waals surface area contributed by atoms with E-state index in [1.54, 1.807) is 28.8 Å². The van der Waals surface area contributed by atoms with Crippen LogP contribution >= 0.6 is 11.3 Å². The largest absolute Gasteiger partial charge is 0.497 e. The zero-order valence-electron chi connectivity index (χ0n) is 18.7. The second-order valence-corrected chi connectivity index (χ2v) is 8.99. The van der Waals surface area contributed by atoms with Gasteiger partial charge in [-0.1, -0.05) is 18.2 Å². The summed E-state index contributed by atoms with van der Waals surface area (Å²) in [6, 6.07) is 17.9. The van der Waals surface area contributed by atoms with Gasteiger partial charge in [0.25, 0.3) is 5.91 Å². The van der Waals surface area contributed by atoms with E-state index < -0.39 is 0 Å². The lowest BCUT2D eigenvalue weighted by molar-refractivity contribution is 0.0616. The number of rotatable bonds is 6. The maximum absolute atomic E-state index is 13.4. The molecule has 174 valence electrons. The van der Waals surface area contributed by atoms with E-state index >= 15 is 0 Å². The topological polar surface area (TPSA) is 63.5 Å². The molecule has 0 radical (unpaired) electrons. The van der Waals surface area contributed by atoms with Crippen LogP contribution in [0.2, 0.25) is 0 Å². The monoisotopic (exact) mass is 477 g/mol. The number of carbonyl (C=O) groups is 1. The van der Waals surface area contributed by atoms with Gasteiger partial charge in [-0.05, 0) is 53.4 Å². The molecule has 5 rings (SSSR count). The van der Waals surface area contributed by atoms with Crippen molar-refractivity contribution in [2.24, 2.45) is 0 Å². The molecule has 34 heavy (non-hydrogen) atoms. The highest BCUT2D eigenvalue weighted by atomic mass is 32.1. The van der Waals surface area contributed by atoms with Crippen LogP contribution in [0.5, 0.6) is 5.75 Å². The highest BCUT2D eigenvalue weighted by Crippen LogP contribution is 2.26. The Labute approximate surface area is 201 Å². The van der Waals surface area contributed by atoms with Crippen molar-refractivity contribution in [3.8, 4) is 22.1 Å². The van der Waals surface area contributed by atoms with E-state index in [1.807, 2.05) is 29.6 Å². The minimum absolute atomic E-state index is 0.149. The first-order chi connectivity index (χ1) is 16.6. The first-order valence-electron chi connectivity index (χ1n) is 11.0. The van der Waals surface area contributed by atoms with E-state index in [0.29, 0.717) is 24.6 Å². The van der Waals surface area contributed by atoms with E-state index in [-0.39, 0.29) is 17.5 Å². The maximum atomic E-state index is 13.4. The smallest absolute Gasteiger partial charge is 0.293 e. The lowest BCUT2D eigenvalue weighted by Gasteiger charge is -2.34. The molecule has 2 aromatic carbocycles. The summed E-state index contributed by atoms with van der Waals surface area (Å²) in [4.78, 5) is 22.9. The summed E-state index contributed by atoms with van der Waals surface area (Å²) < 4.78 is 20.3. The first-order valence-corrected chi connectivity index (χ1v) is 11.9. The van der Waals surface area contributed by atoms with E-state index in [4.69, 9.17) is 4.74 Å². The lowest BCUT2D eigenvalue weighted by Crippen LogP contribution is -2.48. The quantitative estimate of drug-likeness (QED) is 0.418. The third-order valence-corrected chi connectivity index (χ3v) is 6.70. The molecule has 0 spiro atoms. The lowest BCUT2D eigenvalue weighted by atomic mass is 10.2. The van der Waals surface area contributed by atoms with E-state index in [1.165, 1.54) is 29.0 Å². The van der Waals surface area contributed by atoms with Crippen LogP contribution in [-0.4, -0.2) is 63.8 Å². The summed E-state index contributed by atoms with van der Waals surface area (Å²) in [6.07, 6.45) is 0. The number of thiophene rings is 1. The molecule has 3 heterocycles. The number of methoxy groups -OCH3 is 1. The Kier molecular flexibility index (Phi) is 6.37. The van der Waals surface area contributed by atoms with Crippen LogP contribution in [0.4, 0.5) is 4.39 Å². The molecule has 1 amide bonds. The second-order valence-electron chi connectivity index (χ2n) is 8.04. The number of hydrogen-bond donors (Lipinski definition) is 0. The molecule has 9 heteroatoms. The highest BCUT2D eigenvalue weighted by Gasteiger charge is 2.27. The molecule has 1 aliphatic heterocycles. The van der Waals surface area contributed by atoms with Gasteiger partial charge >= 0.3 is 0 Å². The maximum Gasteiger partial charge on any atom is 0.293 e. The summed E-state index contributed by atoms with van der Waals surface area (Å²) in [5.74, 6) is 1.04. The van der Waals surface area contributed by atoms with Crippen molar-refractivity contribution >= 4 is 17.2 Å². The molecule has 0 bridgehead atoms. The summed E-state index contributed by atoms with van der Waals surface area (Å²) >= 11 is 1.52. The number of nitrogens with zero attached hydrogens (tertiary/aromatic N) is 5. The van der Waals surface area contributed by atoms with Gasteiger partial charge in [-0.3, -0.25) is 9.69 Å². The molecule has 1 fully saturated rings. The number of hydrogen-bond acceptors (Lipinski definition) is 6. The molecule has 0 N–H and O–H groups in total. The van der Waals surface area contributed by atoms with E-state index in [2.05, 4.69) is 27.1 Å². The predicted molar refractivity (Wildman–Crippen MR) is 129 cm³/mol. The van der Waals surface area contributed by atoms with Crippen LogP contribution in [0.3, 0.4) is 0 Å². The number of ether oxygens (including phenoxy) is 1. The van der Waals surface area contributed by atoms with Crippen LogP contribution in [0.25, 0.3) is 16.4 Å². The van der Waals surface area contributed by atoms with Crippen LogP contribution in [0, 0.1) is 5.82 Å². The van der Waals surface area contributed by atoms with Crippen LogP contribution in [0.15, 0.2) is 66.0 Å². The zero-order valence-corrected chi connectivity index (χ0v) is 19.5. The third kappa shape index (κ3) is 4.71. The summed E-state index contributed by atoms with van der Waals surface area (Å²) in [5, 5.41) is 6.46. The average Bonchev–Trinajstić information content (AvgIpc) is 3.55. The van der Waals surface area contributed by atoms with Gasteiger partial charge in [0, 0.05) is 32.7 Å². The van der Waals surface area contributed by atoms with Gasteiger partial charge in [0.1, 0.15) is 11.6 Å².